The van der Waals surface area contributed by atoms with E-state index in [1.165, 1.54) is 5.01 Å². The van der Waals surface area contributed by atoms with Crippen molar-refractivity contribution in [1.29, 1.82) is 0 Å². The van der Waals surface area contributed by atoms with E-state index in [2.05, 4.69) is 25.9 Å². The van der Waals surface area contributed by atoms with Crippen LogP contribution in [0.4, 0.5) is 5.69 Å². The van der Waals surface area contributed by atoms with Crippen LogP contribution in [0.5, 0.6) is 0 Å². The van der Waals surface area contributed by atoms with Crippen molar-refractivity contribution in [2.45, 2.75) is 71.9 Å². The van der Waals surface area contributed by atoms with Crippen LogP contribution in [0, 0.1) is 17.8 Å². The second kappa shape index (κ2) is 9.81. The number of carbonyl (C=O) groups is 2. The molecule has 0 aromatic heterocycles. The Bertz CT molecular complexity index is 809. The van der Waals surface area contributed by atoms with Crippen LogP contribution < -0.4 is 5.01 Å². The Morgan fingerprint density at radius 1 is 1.23 bits per heavy atom. The first-order valence-corrected chi connectivity index (χ1v) is 11.2. The smallest absolute Gasteiger partial charge is 0.369 e. The van der Waals surface area contributed by atoms with Gasteiger partial charge in [0.1, 0.15) is 11.8 Å². The summed E-state index contributed by atoms with van der Waals surface area (Å²) in [7, 11) is 0. The fraction of sp³-hybridized carbons (Fsp3) is 0.625. The number of esters is 1. The van der Waals surface area contributed by atoms with Crippen molar-refractivity contribution in [3.63, 3.8) is 0 Å². The molecule has 1 aliphatic carbocycles. The van der Waals surface area contributed by atoms with Gasteiger partial charge in [0.2, 0.25) is 0 Å². The van der Waals surface area contributed by atoms with Crippen molar-refractivity contribution in [2.24, 2.45) is 22.9 Å². The Kier molecular flexibility index (Phi) is 7.36. The molecule has 170 valence electrons. The molecule has 1 aliphatic heterocycles. The van der Waals surface area contributed by atoms with E-state index >= 15 is 0 Å². The van der Waals surface area contributed by atoms with Gasteiger partial charge in [0.15, 0.2) is 5.54 Å². The summed E-state index contributed by atoms with van der Waals surface area (Å²) in [6.07, 6.45) is 3.03. The standard InChI is InChI=1S/C24H34N2O5/c1-6-29-22(27)20-15-24(5,26(25-20)18-10-8-7-9-11-18)23(28)31-30-21-14-17(4)12-13-19(21)16(2)3/h7-11,16-17,19,21H,6,12-15H2,1-5H3/t17-,19+,21-,24?/m0/s1. The lowest BCUT2D eigenvalue weighted by Crippen LogP contribution is -2.49. The highest BCUT2D eigenvalue weighted by Gasteiger charge is 2.50. The van der Waals surface area contributed by atoms with Crippen LogP contribution in [0.25, 0.3) is 0 Å². The maximum atomic E-state index is 13.3. The van der Waals surface area contributed by atoms with Crippen LogP contribution in [0.15, 0.2) is 35.4 Å². The zero-order valence-electron chi connectivity index (χ0n) is 19.2. The molecule has 1 heterocycles. The molecule has 0 saturated heterocycles. The Balaban J connectivity index is 1.78. The maximum absolute atomic E-state index is 13.3. The van der Waals surface area contributed by atoms with Gasteiger partial charge in [0.05, 0.1) is 12.3 Å². The van der Waals surface area contributed by atoms with Crippen molar-refractivity contribution in [3.8, 4) is 0 Å². The third-order valence-electron chi connectivity index (χ3n) is 6.36. The molecular formula is C24H34N2O5. The number of hydrogen-bond acceptors (Lipinski definition) is 7. The van der Waals surface area contributed by atoms with E-state index in [1.54, 1.807) is 13.8 Å². The lowest BCUT2D eigenvalue weighted by molar-refractivity contribution is -0.318. The SMILES string of the molecule is CCOC(=O)C1=NN(c2ccccc2)C(C)(C(=O)OO[C@H]2C[C@@H](C)CC[C@@H]2C(C)C)C1. The highest BCUT2D eigenvalue weighted by molar-refractivity contribution is 6.38. The normalized spacial score (nSPS) is 28.4. The molecule has 31 heavy (non-hydrogen) atoms. The number of anilines is 1. The summed E-state index contributed by atoms with van der Waals surface area (Å²) < 4.78 is 5.11. The predicted octanol–water partition coefficient (Wildman–Crippen LogP) is 4.51. The minimum atomic E-state index is -1.21. The summed E-state index contributed by atoms with van der Waals surface area (Å²) in [4.78, 5) is 36.8. The molecule has 0 bridgehead atoms. The molecule has 4 atom stereocenters. The number of benzene rings is 1. The molecule has 7 heteroatoms. The van der Waals surface area contributed by atoms with Gasteiger partial charge in [-0.25, -0.2) is 14.6 Å². The van der Waals surface area contributed by atoms with E-state index < -0.39 is 17.5 Å². The molecule has 7 nitrogen and oxygen atoms in total. The van der Waals surface area contributed by atoms with Gasteiger partial charge in [-0.05, 0) is 56.6 Å². The fourth-order valence-corrected chi connectivity index (χ4v) is 4.49. The first-order chi connectivity index (χ1) is 14.8. The molecule has 1 aromatic rings. The van der Waals surface area contributed by atoms with Crippen molar-refractivity contribution in [2.75, 3.05) is 11.6 Å². The van der Waals surface area contributed by atoms with Gasteiger partial charge in [-0.1, -0.05) is 45.4 Å². The van der Waals surface area contributed by atoms with Crippen LogP contribution in [0.3, 0.4) is 0 Å². The molecule has 1 fully saturated rings. The lowest BCUT2D eigenvalue weighted by atomic mass is 9.75. The minimum Gasteiger partial charge on any atom is -0.461 e. The van der Waals surface area contributed by atoms with Gasteiger partial charge in [-0.3, -0.25) is 4.89 Å². The lowest BCUT2D eigenvalue weighted by Gasteiger charge is -2.36. The number of rotatable bonds is 7. The van der Waals surface area contributed by atoms with Crippen molar-refractivity contribution in [1.82, 2.24) is 0 Å². The largest absolute Gasteiger partial charge is 0.461 e. The summed E-state index contributed by atoms with van der Waals surface area (Å²) in [6, 6.07) is 9.26. The van der Waals surface area contributed by atoms with Gasteiger partial charge in [-0.15, -0.1) is 0 Å². The van der Waals surface area contributed by atoms with Gasteiger partial charge in [0.25, 0.3) is 0 Å². The molecule has 2 aliphatic rings. The zero-order chi connectivity index (χ0) is 22.6. The number of hydrogen-bond donors (Lipinski definition) is 0. The van der Waals surface area contributed by atoms with Gasteiger partial charge in [-0.2, -0.15) is 9.99 Å². The second-order valence-corrected chi connectivity index (χ2v) is 9.20. The van der Waals surface area contributed by atoms with E-state index in [4.69, 9.17) is 14.5 Å². The van der Waals surface area contributed by atoms with Crippen molar-refractivity contribution < 1.29 is 24.1 Å². The molecule has 1 unspecified atom stereocenters. The Morgan fingerprint density at radius 3 is 2.58 bits per heavy atom. The van der Waals surface area contributed by atoms with E-state index in [0.717, 1.165) is 19.3 Å². The predicted molar refractivity (Wildman–Crippen MR) is 118 cm³/mol. The van der Waals surface area contributed by atoms with Gasteiger partial charge < -0.3 is 4.74 Å². The summed E-state index contributed by atoms with van der Waals surface area (Å²) in [5, 5.41) is 5.96. The van der Waals surface area contributed by atoms with Gasteiger partial charge in [0, 0.05) is 6.42 Å². The molecular weight excluding hydrogens is 396 g/mol. The molecule has 3 rings (SSSR count). The van der Waals surface area contributed by atoms with E-state index in [0.29, 0.717) is 23.4 Å². The quantitative estimate of drug-likeness (QED) is 0.360. The fourth-order valence-electron chi connectivity index (χ4n) is 4.49. The van der Waals surface area contributed by atoms with Crippen LogP contribution in [0.1, 0.15) is 60.3 Å². The highest BCUT2D eigenvalue weighted by atomic mass is 17.2. The average Bonchev–Trinajstić information content (AvgIpc) is 3.11. The minimum absolute atomic E-state index is 0.0810. The monoisotopic (exact) mass is 430 g/mol. The maximum Gasteiger partial charge on any atom is 0.369 e. The molecule has 1 aromatic carbocycles. The van der Waals surface area contributed by atoms with Crippen LogP contribution in [0.2, 0.25) is 0 Å². The topological polar surface area (TPSA) is 77.4 Å². The Labute approximate surface area is 184 Å². The second-order valence-electron chi connectivity index (χ2n) is 9.20. The number of hydrazone groups is 1. The summed E-state index contributed by atoms with van der Waals surface area (Å²) >= 11 is 0. The van der Waals surface area contributed by atoms with E-state index in [1.807, 2.05) is 30.3 Å². The first-order valence-electron chi connectivity index (χ1n) is 11.2. The molecule has 0 N–H and O–H groups in total. The van der Waals surface area contributed by atoms with Crippen LogP contribution in [-0.4, -0.2) is 35.9 Å². The number of ether oxygens (including phenoxy) is 1. The van der Waals surface area contributed by atoms with Crippen molar-refractivity contribution in [3.05, 3.63) is 30.3 Å². The molecule has 0 spiro atoms. The number of para-hydroxylation sites is 1. The summed E-state index contributed by atoms with van der Waals surface area (Å²) in [5.41, 5.74) is -0.332. The molecule has 0 amide bonds. The third kappa shape index (κ3) is 5.09. The summed E-state index contributed by atoms with van der Waals surface area (Å²) in [5.74, 6) is 0.220. The van der Waals surface area contributed by atoms with Gasteiger partial charge >= 0.3 is 11.9 Å². The van der Waals surface area contributed by atoms with Crippen LogP contribution in [-0.2, 0) is 24.1 Å². The zero-order valence-corrected chi connectivity index (χ0v) is 19.2. The number of nitrogens with zero attached hydrogens (tertiary/aromatic N) is 2. The Morgan fingerprint density at radius 2 is 1.94 bits per heavy atom. The Hall–Kier alpha value is -2.41. The molecule has 0 radical (unpaired) electrons. The van der Waals surface area contributed by atoms with Crippen molar-refractivity contribution >= 4 is 23.3 Å². The molecule has 1 saturated carbocycles. The third-order valence-corrected chi connectivity index (χ3v) is 6.36. The van der Waals surface area contributed by atoms with Crippen LogP contribution >= 0.6 is 0 Å². The number of carbonyl (C=O) groups excluding carboxylic acids is 2. The first kappa shape index (κ1) is 23.3. The van der Waals surface area contributed by atoms with E-state index in [9.17, 15) is 9.59 Å². The summed E-state index contributed by atoms with van der Waals surface area (Å²) in [6.45, 7) is 10.2. The van der Waals surface area contributed by atoms with E-state index in [-0.39, 0.29) is 24.8 Å². The highest BCUT2D eigenvalue weighted by Crippen LogP contribution is 2.37. The average molecular weight is 431 g/mol.